The van der Waals surface area contributed by atoms with Gasteiger partial charge in [0.1, 0.15) is 5.82 Å². The highest BCUT2D eigenvalue weighted by Gasteiger charge is 2.21. The van der Waals surface area contributed by atoms with Gasteiger partial charge in [-0.25, -0.2) is 9.78 Å². The van der Waals surface area contributed by atoms with Crippen molar-refractivity contribution in [3.8, 4) is 0 Å². The van der Waals surface area contributed by atoms with Crippen LogP contribution in [0.25, 0.3) is 0 Å². The molecular weight excluding hydrogens is 298 g/mol. The molecule has 1 atom stereocenters. The largest absolute Gasteiger partial charge is 0.480 e. The van der Waals surface area contributed by atoms with Crippen molar-refractivity contribution in [1.82, 2.24) is 10.3 Å². The third-order valence-electron chi connectivity index (χ3n) is 3.88. The third kappa shape index (κ3) is 4.92. The van der Waals surface area contributed by atoms with Gasteiger partial charge in [-0.3, -0.25) is 4.79 Å². The number of hydrogen-bond acceptors (Lipinski definition) is 5. The molecule has 2 rings (SSSR count). The van der Waals surface area contributed by atoms with Crippen LogP contribution in [0, 0.1) is 0 Å². The highest BCUT2D eigenvalue weighted by atomic mass is 16.5. The number of rotatable bonds is 6. The number of anilines is 1. The molecule has 0 aliphatic carbocycles. The zero-order valence-electron chi connectivity index (χ0n) is 13.3. The molecule has 0 saturated carbocycles. The average molecular weight is 321 g/mol. The SMILES string of the molecule is COCC(NC(=O)c1ccc(N2CCCCCC2)nc1)C(=O)O. The number of carbonyl (C=O) groups excluding carboxylic acids is 1. The van der Waals surface area contributed by atoms with Gasteiger partial charge in [0.25, 0.3) is 5.91 Å². The molecule has 7 heteroatoms. The fraction of sp³-hybridized carbons (Fsp3) is 0.562. The van der Waals surface area contributed by atoms with E-state index in [1.807, 2.05) is 6.07 Å². The van der Waals surface area contributed by atoms with E-state index in [0.29, 0.717) is 5.56 Å². The summed E-state index contributed by atoms with van der Waals surface area (Å²) in [6.45, 7) is 1.88. The van der Waals surface area contributed by atoms with Gasteiger partial charge < -0.3 is 20.1 Å². The van der Waals surface area contributed by atoms with Crippen LogP contribution in [0.5, 0.6) is 0 Å². The lowest BCUT2D eigenvalue weighted by Crippen LogP contribution is -2.43. The van der Waals surface area contributed by atoms with Crippen LogP contribution in [0.2, 0.25) is 0 Å². The number of pyridine rings is 1. The first-order valence-corrected chi connectivity index (χ1v) is 7.85. The second-order valence-corrected chi connectivity index (χ2v) is 5.63. The lowest BCUT2D eigenvalue weighted by atomic mass is 10.2. The maximum absolute atomic E-state index is 12.1. The first-order chi connectivity index (χ1) is 11.1. The normalized spacial score (nSPS) is 16.5. The molecule has 1 aromatic rings. The maximum atomic E-state index is 12.1. The van der Waals surface area contributed by atoms with Crippen LogP contribution in [-0.4, -0.2) is 54.8 Å². The fourth-order valence-electron chi connectivity index (χ4n) is 2.59. The number of methoxy groups -OCH3 is 1. The molecule has 1 unspecified atom stereocenters. The molecule has 126 valence electrons. The Hall–Kier alpha value is -2.15. The van der Waals surface area contributed by atoms with Crippen LogP contribution in [-0.2, 0) is 9.53 Å². The summed E-state index contributed by atoms with van der Waals surface area (Å²) in [6.07, 6.45) is 6.28. The summed E-state index contributed by atoms with van der Waals surface area (Å²) in [7, 11) is 1.39. The van der Waals surface area contributed by atoms with Crippen LogP contribution in [0.1, 0.15) is 36.0 Å². The lowest BCUT2D eigenvalue weighted by molar-refractivity contribution is -0.140. The van der Waals surface area contributed by atoms with E-state index in [-0.39, 0.29) is 6.61 Å². The van der Waals surface area contributed by atoms with Gasteiger partial charge in [0.05, 0.1) is 12.2 Å². The van der Waals surface area contributed by atoms with Gasteiger partial charge in [-0.1, -0.05) is 12.8 Å². The first-order valence-electron chi connectivity index (χ1n) is 7.85. The number of carbonyl (C=O) groups is 2. The van der Waals surface area contributed by atoms with E-state index in [0.717, 1.165) is 31.7 Å². The van der Waals surface area contributed by atoms with Gasteiger partial charge in [-0.05, 0) is 25.0 Å². The Balaban J connectivity index is 2.00. The number of hydrogen-bond donors (Lipinski definition) is 2. The van der Waals surface area contributed by atoms with Crippen molar-refractivity contribution in [3.63, 3.8) is 0 Å². The third-order valence-corrected chi connectivity index (χ3v) is 3.88. The summed E-state index contributed by atoms with van der Waals surface area (Å²) in [6, 6.07) is 2.42. The Morgan fingerprint density at radius 3 is 2.52 bits per heavy atom. The summed E-state index contributed by atoms with van der Waals surface area (Å²) < 4.78 is 4.79. The summed E-state index contributed by atoms with van der Waals surface area (Å²) in [5.74, 6) is -0.742. The fourth-order valence-corrected chi connectivity index (χ4v) is 2.59. The number of nitrogens with zero attached hydrogens (tertiary/aromatic N) is 2. The minimum Gasteiger partial charge on any atom is -0.480 e. The average Bonchev–Trinajstić information content (AvgIpc) is 2.83. The van der Waals surface area contributed by atoms with E-state index in [1.54, 1.807) is 6.07 Å². The molecule has 2 heterocycles. The van der Waals surface area contributed by atoms with E-state index in [9.17, 15) is 9.59 Å². The van der Waals surface area contributed by atoms with Crippen molar-refractivity contribution in [3.05, 3.63) is 23.9 Å². The van der Waals surface area contributed by atoms with E-state index in [1.165, 1.54) is 26.1 Å². The quantitative estimate of drug-likeness (QED) is 0.820. The van der Waals surface area contributed by atoms with Crippen LogP contribution in [0.4, 0.5) is 5.82 Å². The highest BCUT2D eigenvalue weighted by molar-refractivity contribution is 5.96. The number of carboxylic acid groups (broad SMARTS) is 1. The predicted molar refractivity (Wildman–Crippen MR) is 85.7 cm³/mol. The second-order valence-electron chi connectivity index (χ2n) is 5.63. The zero-order valence-corrected chi connectivity index (χ0v) is 13.3. The molecule has 0 aromatic carbocycles. The number of carboxylic acids is 1. The molecule has 2 N–H and O–H groups in total. The predicted octanol–water partition coefficient (Wildman–Crippen LogP) is 1.29. The van der Waals surface area contributed by atoms with Crippen molar-refractivity contribution in [2.24, 2.45) is 0 Å². The van der Waals surface area contributed by atoms with Crippen molar-refractivity contribution in [1.29, 1.82) is 0 Å². The minimum atomic E-state index is -1.13. The van der Waals surface area contributed by atoms with E-state index < -0.39 is 17.9 Å². The van der Waals surface area contributed by atoms with Gasteiger partial charge >= 0.3 is 5.97 Å². The Labute approximate surface area is 135 Å². The molecule has 0 radical (unpaired) electrons. The van der Waals surface area contributed by atoms with Crippen LogP contribution >= 0.6 is 0 Å². The monoisotopic (exact) mass is 321 g/mol. The molecule has 1 aliphatic rings. The van der Waals surface area contributed by atoms with Gasteiger partial charge in [0.2, 0.25) is 0 Å². The van der Waals surface area contributed by atoms with Crippen molar-refractivity contribution < 1.29 is 19.4 Å². The maximum Gasteiger partial charge on any atom is 0.328 e. The highest BCUT2D eigenvalue weighted by Crippen LogP contribution is 2.17. The molecule has 7 nitrogen and oxygen atoms in total. The van der Waals surface area contributed by atoms with Gasteiger partial charge in [0, 0.05) is 26.4 Å². The molecule has 23 heavy (non-hydrogen) atoms. The molecule has 1 fully saturated rings. The molecule has 0 spiro atoms. The van der Waals surface area contributed by atoms with Crippen LogP contribution in [0.15, 0.2) is 18.3 Å². The summed E-state index contributed by atoms with van der Waals surface area (Å²) in [5.41, 5.74) is 0.339. The molecule has 0 bridgehead atoms. The lowest BCUT2D eigenvalue weighted by Gasteiger charge is -2.21. The molecule has 1 amide bonds. The van der Waals surface area contributed by atoms with Crippen molar-refractivity contribution in [2.75, 3.05) is 31.7 Å². The molecule has 1 saturated heterocycles. The first kappa shape index (κ1) is 17.2. The zero-order chi connectivity index (χ0) is 16.7. The second kappa shape index (κ2) is 8.47. The molecule has 1 aliphatic heterocycles. The number of ether oxygens (including phenoxy) is 1. The Morgan fingerprint density at radius 2 is 2.00 bits per heavy atom. The number of aromatic nitrogens is 1. The van der Waals surface area contributed by atoms with Crippen molar-refractivity contribution in [2.45, 2.75) is 31.7 Å². The summed E-state index contributed by atoms with van der Waals surface area (Å²) in [5, 5.41) is 11.4. The van der Waals surface area contributed by atoms with Crippen LogP contribution in [0.3, 0.4) is 0 Å². The van der Waals surface area contributed by atoms with Gasteiger partial charge in [-0.15, -0.1) is 0 Å². The molecular formula is C16H23N3O4. The number of aliphatic carboxylic acids is 1. The van der Waals surface area contributed by atoms with E-state index in [4.69, 9.17) is 9.84 Å². The Morgan fingerprint density at radius 1 is 1.30 bits per heavy atom. The standard InChI is InChI=1S/C16H23N3O4/c1-23-11-13(16(21)22)18-15(20)12-6-7-14(17-10-12)19-8-4-2-3-5-9-19/h6-7,10,13H,2-5,8-9,11H2,1H3,(H,18,20)(H,21,22). The summed E-state index contributed by atoms with van der Waals surface area (Å²) in [4.78, 5) is 29.7. The van der Waals surface area contributed by atoms with E-state index >= 15 is 0 Å². The molecule has 1 aromatic heterocycles. The smallest absolute Gasteiger partial charge is 0.328 e. The Bertz CT molecular complexity index is 525. The topological polar surface area (TPSA) is 91.8 Å². The number of nitrogens with one attached hydrogen (secondary N) is 1. The van der Waals surface area contributed by atoms with Crippen molar-refractivity contribution >= 4 is 17.7 Å². The minimum absolute atomic E-state index is 0.0830. The van der Waals surface area contributed by atoms with Gasteiger partial charge in [-0.2, -0.15) is 0 Å². The summed E-state index contributed by atoms with van der Waals surface area (Å²) >= 11 is 0. The van der Waals surface area contributed by atoms with Crippen LogP contribution < -0.4 is 10.2 Å². The number of amides is 1. The van der Waals surface area contributed by atoms with Gasteiger partial charge in [0.15, 0.2) is 6.04 Å². The Kier molecular flexibility index (Phi) is 6.34. The van der Waals surface area contributed by atoms with E-state index in [2.05, 4.69) is 15.2 Å².